The Hall–Kier alpha value is -2.10. The molecule has 0 aliphatic rings. The standard InChI is InChI=1S/C10H7F3N2O2/c1-2-17-10(16)7-5(4-14)3-6(8(11)12)9(13)15-7/h3,8H,2H2,1H3. The van der Waals surface area contributed by atoms with Gasteiger partial charge in [-0.2, -0.15) is 9.65 Å². The molecule has 0 unspecified atom stereocenters. The van der Waals surface area contributed by atoms with Crippen molar-refractivity contribution in [2.45, 2.75) is 13.3 Å². The zero-order valence-electron chi connectivity index (χ0n) is 8.71. The van der Waals surface area contributed by atoms with Gasteiger partial charge in [-0.1, -0.05) is 0 Å². The molecule has 0 aliphatic carbocycles. The van der Waals surface area contributed by atoms with E-state index in [2.05, 4.69) is 9.72 Å². The first kappa shape index (κ1) is 13.0. The predicted octanol–water partition coefficient (Wildman–Crippen LogP) is 2.21. The molecule has 1 aromatic rings. The normalized spacial score (nSPS) is 10.1. The fraction of sp³-hybridized carbons (Fsp3) is 0.300. The molecule has 0 saturated carbocycles. The van der Waals surface area contributed by atoms with Crippen molar-refractivity contribution >= 4 is 5.97 Å². The molecular weight excluding hydrogens is 237 g/mol. The van der Waals surface area contributed by atoms with Crippen LogP contribution in [0, 0.1) is 17.3 Å². The third-order valence-corrected chi connectivity index (χ3v) is 1.83. The summed E-state index contributed by atoms with van der Waals surface area (Å²) in [5.74, 6) is -2.51. The van der Waals surface area contributed by atoms with Gasteiger partial charge < -0.3 is 4.74 Å². The Morgan fingerprint density at radius 2 is 2.29 bits per heavy atom. The summed E-state index contributed by atoms with van der Waals surface area (Å²) in [6, 6.07) is 2.09. The Morgan fingerprint density at radius 1 is 1.65 bits per heavy atom. The van der Waals surface area contributed by atoms with E-state index in [0.29, 0.717) is 6.07 Å². The summed E-state index contributed by atoms with van der Waals surface area (Å²) < 4.78 is 42.3. The number of nitrogens with zero attached hydrogens (tertiary/aromatic N) is 2. The number of ether oxygens (including phenoxy) is 1. The highest BCUT2D eigenvalue weighted by molar-refractivity contribution is 5.90. The number of nitriles is 1. The molecule has 0 N–H and O–H groups in total. The number of aromatic nitrogens is 1. The monoisotopic (exact) mass is 244 g/mol. The minimum absolute atomic E-state index is 0.00357. The average Bonchev–Trinajstić information content (AvgIpc) is 2.28. The third kappa shape index (κ3) is 2.72. The summed E-state index contributed by atoms with van der Waals surface area (Å²) in [6.45, 7) is 1.51. The van der Waals surface area contributed by atoms with Crippen molar-refractivity contribution in [2.75, 3.05) is 6.61 Å². The molecule has 1 rings (SSSR count). The van der Waals surface area contributed by atoms with Crippen LogP contribution in [-0.4, -0.2) is 17.6 Å². The van der Waals surface area contributed by atoms with E-state index in [4.69, 9.17) is 5.26 Å². The third-order valence-electron chi connectivity index (χ3n) is 1.83. The van der Waals surface area contributed by atoms with Gasteiger partial charge in [0, 0.05) is 0 Å². The SMILES string of the molecule is CCOC(=O)c1nc(F)c(C(F)F)cc1C#N. The molecule has 4 nitrogen and oxygen atoms in total. The maximum atomic E-state index is 13.1. The van der Waals surface area contributed by atoms with Crippen LogP contribution < -0.4 is 0 Å². The average molecular weight is 244 g/mol. The van der Waals surface area contributed by atoms with E-state index in [-0.39, 0.29) is 6.61 Å². The smallest absolute Gasteiger partial charge is 0.358 e. The Morgan fingerprint density at radius 3 is 2.76 bits per heavy atom. The minimum atomic E-state index is -3.11. The summed E-state index contributed by atoms with van der Waals surface area (Å²) in [5.41, 5.74) is -2.06. The number of esters is 1. The lowest BCUT2D eigenvalue weighted by Gasteiger charge is -2.06. The summed E-state index contributed by atoms with van der Waals surface area (Å²) in [6.07, 6.45) is -3.11. The van der Waals surface area contributed by atoms with E-state index in [0.717, 1.165) is 0 Å². The Bertz CT molecular complexity index is 483. The van der Waals surface area contributed by atoms with Crippen molar-refractivity contribution in [3.63, 3.8) is 0 Å². The number of pyridine rings is 1. The van der Waals surface area contributed by atoms with Crippen LogP contribution in [0.1, 0.15) is 35.0 Å². The van der Waals surface area contributed by atoms with Crippen molar-refractivity contribution in [1.29, 1.82) is 5.26 Å². The van der Waals surface area contributed by atoms with Gasteiger partial charge in [0.2, 0.25) is 5.95 Å². The molecule has 0 radical (unpaired) electrons. The number of carbonyl (C=O) groups excluding carboxylic acids is 1. The second-order valence-corrected chi connectivity index (χ2v) is 2.90. The first-order valence-corrected chi connectivity index (χ1v) is 4.57. The zero-order chi connectivity index (χ0) is 13.0. The van der Waals surface area contributed by atoms with Gasteiger partial charge in [-0.05, 0) is 13.0 Å². The van der Waals surface area contributed by atoms with Crippen molar-refractivity contribution in [3.05, 3.63) is 28.8 Å². The minimum Gasteiger partial charge on any atom is -0.461 e. The zero-order valence-corrected chi connectivity index (χ0v) is 8.71. The van der Waals surface area contributed by atoms with Gasteiger partial charge in [0.1, 0.15) is 6.07 Å². The second kappa shape index (κ2) is 5.30. The molecule has 0 spiro atoms. The highest BCUT2D eigenvalue weighted by atomic mass is 19.3. The van der Waals surface area contributed by atoms with E-state index < -0.39 is 35.2 Å². The fourth-order valence-electron chi connectivity index (χ4n) is 1.10. The first-order valence-electron chi connectivity index (χ1n) is 4.57. The topological polar surface area (TPSA) is 63.0 Å². The molecule has 90 valence electrons. The van der Waals surface area contributed by atoms with E-state index in [9.17, 15) is 18.0 Å². The van der Waals surface area contributed by atoms with Crippen LogP contribution in [0.25, 0.3) is 0 Å². The molecule has 0 saturated heterocycles. The molecule has 0 aromatic carbocycles. The molecule has 1 aromatic heterocycles. The number of carbonyl (C=O) groups is 1. The van der Waals surface area contributed by atoms with Gasteiger partial charge in [0.15, 0.2) is 5.69 Å². The molecule has 0 aliphatic heterocycles. The molecule has 0 atom stereocenters. The number of alkyl halides is 2. The van der Waals surface area contributed by atoms with Gasteiger partial charge in [0.05, 0.1) is 17.7 Å². The predicted molar refractivity (Wildman–Crippen MR) is 49.8 cm³/mol. The highest BCUT2D eigenvalue weighted by Crippen LogP contribution is 2.23. The van der Waals surface area contributed by atoms with Crippen LogP contribution in [0.3, 0.4) is 0 Å². The molecule has 0 fully saturated rings. The van der Waals surface area contributed by atoms with Gasteiger partial charge in [-0.3, -0.25) is 0 Å². The Kier molecular flexibility index (Phi) is 4.04. The van der Waals surface area contributed by atoms with Gasteiger partial charge in [-0.25, -0.2) is 18.6 Å². The van der Waals surface area contributed by atoms with E-state index in [1.807, 2.05) is 0 Å². The fourth-order valence-corrected chi connectivity index (χ4v) is 1.10. The van der Waals surface area contributed by atoms with Gasteiger partial charge in [-0.15, -0.1) is 0 Å². The van der Waals surface area contributed by atoms with E-state index >= 15 is 0 Å². The Balaban J connectivity index is 3.30. The number of halogens is 3. The van der Waals surface area contributed by atoms with Crippen LogP contribution in [-0.2, 0) is 4.74 Å². The number of rotatable bonds is 3. The first-order chi connectivity index (χ1) is 8.01. The van der Waals surface area contributed by atoms with Crippen molar-refractivity contribution in [1.82, 2.24) is 4.98 Å². The van der Waals surface area contributed by atoms with Crippen molar-refractivity contribution in [3.8, 4) is 6.07 Å². The van der Waals surface area contributed by atoms with Crippen LogP contribution in [0.2, 0.25) is 0 Å². The van der Waals surface area contributed by atoms with Gasteiger partial charge >= 0.3 is 5.97 Å². The van der Waals surface area contributed by atoms with Crippen LogP contribution in [0.15, 0.2) is 6.07 Å². The quantitative estimate of drug-likeness (QED) is 0.604. The van der Waals surface area contributed by atoms with E-state index in [1.54, 1.807) is 0 Å². The highest BCUT2D eigenvalue weighted by Gasteiger charge is 2.22. The van der Waals surface area contributed by atoms with E-state index in [1.165, 1.54) is 13.0 Å². The molecule has 0 amide bonds. The summed E-state index contributed by atoms with van der Waals surface area (Å²) in [7, 11) is 0. The number of hydrogen-bond acceptors (Lipinski definition) is 4. The lowest BCUT2D eigenvalue weighted by atomic mass is 10.1. The molecule has 7 heteroatoms. The second-order valence-electron chi connectivity index (χ2n) is 2.90. The maximum absolute atomic E-state index is 13.1. The molecule has 1 heterocycles. The van der Waals surface area contributed by atoms with Crippen LogP contribution in [0.4, 0.5) is 13.2 Å². The van der Waals surface area contributed by atoms with Crippen LogP contribution >= 0.6 is 0 Å². The van der Waals surface area contributed by atoms with Crippen molar-refractivity contribution < 1.29 is 22.7 Å². The molecule has 17 heavy (non-hydrogen) atoms. The van der Waals surface area contributed by atoms with Crippen molar-refractivity contribution in [2.24, 2.45) is 0 Å². The lowest BCUT2D eigenvalue weighted by molar-refractivity contribution is 0.0516. The maximum Gasteiger partial charge on any atom is 0.358 e. The number of hydrogen-bond donors (Lipinski definition) is 0. The summed E-state index contributed by atoms with van der Waals surface area (Å²) in [5, 5.41) is 8.67. The lowest BCUT2D eigenvalue weighted by Crippen LogP contribution is -2.12. The molecule has 0 bridgehead atoms. The van der Waals surface area contributed by atoms with Crippen LogP contribution in [0.5, 0.6) is 0 Å². The molecular formula is C10H7F3N2O2. The van der Waals surface area contributed by atoms with Gasteiger partial charge in [0.25, 0.3) is 6.43 Å². The Labute approximate surface area is 94.6 Å². The summed E-state index contributed by atoms with van der Waals surface area (Å²) in [4.78, 5) is 14.3. The summed E-state index contributed by atoms with van der Waals surface area (Å²) >= 11 is 0. The largest absolute Gasteiger partial charge is 0.461 e.